The first-order chi connectivity index (χ1) is 12.1. The van der Waals surface area contributed by atoms with Gasteiger partial charge in [-0.25, -0.2) is 0 Å². The third-order valence-electron chi connectivity index (χ3n) is 4.94. The van der Waals surface area contributed by atoms with E-state index in [9.17, 15) is 0 Å². The predicted octanol–water partition coefficient (Wildman–Crippen LogP) is 2.26. The Morgan fingerprint density at radius 2 is 0.923 bits per heavy atom. The van der Waals surface area contributed by atoms with Crippen molar-refractivity contribution in [1.29, 1.82) is 0 Å². The van der Waals surface area contributed by atoms with Crippen LogP contribution >= 0.6 is 0 Å². The van der Waals surface area contributed by atoms with Crippen LogP contribution in [0.25, 0.3) is 0 Å². The standard InChI is InChI=1S/C20H46NO3Si.BrH/c1-7-13-16-21(17-14-8-2,18-15-9-3)19-20-25(22-10-4,23-11-5)24-12-6;/h7-20H2,1-6H3;1H/q+1;/p-1. The van der Waals surface area contributed by atoms with E-state index in [-0.39, 0.29) is 17.0 Å². The zero-order valence-corrected chi connectivity index (χ0v) is 21.0. The highest BCUT2D eigenvalue weighted by atomic mass is 79.9. The Bertz CT molecular complexity index is 270. The van der Waals surface area contributed by atoms with Gasteiger partial charge in [0.15, 0.2) is 0 Å². The zero-order valence-electron chi connectivity index (χ0n) is 18.4. The molecule has 0 aliphatic carbocycles. The summed E-state index contributed by atoms with van der Waals surface area (Å²) in [5, 5.41) is 0. The Kier molecular flexibility index (Phi) is 19.5. The van der Waals surface area contributed by atoms with E-state index in [0.717, 1.165) is 12.6 Å². The highest BCUT2D eigenvalue weighted by molar-refractivity contribution is 6.60. The maximum Gasteiger partial charge on any atom is 0.506 e. The molecule has 0 aromatic heterocycles. The molecule has 0 radical (unpaired) electrons. The van der Waals surface area contributed by atoms with Gasteiger partial charge in [0.25, 0.3) is 0 Å². The zero-order chi connectivity index (χ0) is 19.0. The molecule has 0 heterocycles. The summed E-state index contributed by atoms with van der Waals surface area (Å²) in [4.78, 5) is 0. The van der Waals surface area contributed by atoms with E-state index in [2.05, 4.69) is 20.8 Å². The fourth-order valence-corrected chi connectivity index (χ4v) is 6.28. The van der Waals surface area contributed by atoms with Crippen LogP contribution in [0.4, 0.5) is 0 Å². The number of quaternary nitrogens is 1. The van der Waals surface area contributed by atoms with Crippen LogP contribution in [-0.2, 0) is 13.3 Å². The minimum absolute atomic E-state index is 0. The van der Waals surface area contributed by atoms with Crippen molar-refractivity contribution in [2.75, 3.05) is 46.0 Å². The second kappa shape index (κ2) is 17.6. The van der Waals surface area contributed by atoms with Gasteiger partial charge in [0, 0.05) is 19.8 Å². The molecule has 4 nitrogen and oxygen atoms in total. The van der Waals surface area contributed by atoms with Crippen LogP contribution in [0.5, 0.6) is 0 Å². The average Bonchev–Trinajstić information content (AvgIpc) is 2.61. The van der Waals surface area contributed by atoms with Crippen molar-refractivity contribution in [2.45, 2.75) is 86.1 Å². The molecule has 0 saturated heterocycles. The van der Waals surface area contributed by atoms with Crippen molar-refractivity contribution >= 4 is 8.80 Å². The molecule has 0 spiro atoms. The minimum atomic E-state index is -2.54. The lowest BCUT2D eigenvalue weighted by Crippen LogP contribution is -3.00. The Labute approximate surface area is 175 Å². The van der Waals surface area contributed by atoms with Crippen LogP contribution in [0.1, 0.15) is 80.1 Å². The molecule has 0 amide bonds. The summed E-state index contributed by atoms with van der Waals surface area (Å²) in [5.74, 6) is 0. The Morgan fingerprint density at radius 3 is 1.19 bits per heavy atom. The lowest BCUT2D eigenvalue weighted by Gasteiger charge is -2.41. The molecule has 0 rings (SSSR count). The second-order valence-electron chi connectivity index (χ2n) is 7.03. The van der Waals surface area contributed by atoms with E-state index in [4.69, 9.17) is 13.3 Å². The van der Waals surface area contributed by atoms with Gasteiger partial charge >= 0.3 is 8.80 Å². The van der Waals surface area contributed by atoms with Crippen molar-refractivity contribution in [3.8, 4) is 0 Å². The molecule has 0 aromatic rings. The highest BCUT2D eigenvalue weighted by Crippen LogP contribution is 2.22. The number of nitrogens with zero attached hydrogens (tertiary/aromatic N) is 1. The van der Waals surface area contributed by atoms with Crippen LogP contribution < -0.4 is 17.0 Å². The molecule has 26 heavy (non-hydrogen) atoms. The summed E-state index contributed by atoms with van der Waals surface area (Å²) >= 11 is 0. The fraction of sp³-hybridized carbons (Fsp3) is 1.00. The van der Waals surface area contributed by atoms with Crippen molar-refractivity contribution in [3.63, 3.8) is 0 Å². The number of unbranched alkanes of at least 4 members (excludes halogenated alkanes) is 3. The number of hydrogen-bond acceptors (Lipinski definition) is 3. The molecular weight excluding hydrogens is 410 g/mol. The monoisotopic (exact) mass is 455 g/mol. The van der Waals surface area contributed by atoms with Gasteiger partial charge in [-0.05, 0) is 40.0 Å². The first-order valence-electron chi connectivity index (χ1n) is 10.8. The van der Waals surface area contributed by atoms with Gasteiger partial charge < -0.3 is 34.7 Å². The lowest BCUT2D eigenvalue weighted by molar-refractivity contribution is -0.927. The molecule has 0 atom stereocenters. The van der Waals surface area contributed by atoms with Gasteiger partial charge in [0.2, 0.25) is 0 Å². The molecular formula is C20H46BrNO3Si. The van der Waals surface area contributed by atoms with Crippen LogP contribution in [0.15, 0.2) is 0 Å². The maximum atomic E-state index is 6.10. The quantitative estimate of drug-likeness (QED) is 0.234. The second-order valence-corrected chi connectivity index (χ2v) is 9.76. The normalized spacial score (nSPS) is 12.2. The Balaban J connectivity index is 0. The van der Waals surface area contributed by atoms with Crippen molar-refractivity contribution < 1.29 is 34.7 Å². The molecule has 0 aromatic carbocycles. The summed E-state index contributed by atoms with van der Waals surface area (Å²) in [5.41, 5.74) is 0. The molecule has 0 aliphatic heterocycles. The molecule has 6 heteroatoms. The predicted molar refractivity (Wildman–Crippen MR) is 110 cm³/mol. The molecule has 0 N–H and O–H groups in total. The molecule has 0 bridgehead atoms. The van der Waals surface area contributed by atoms with Gasteiger partial charge in [-0.15, -0.1) is 0 Å². The molecule has 0 saturated carbocycles. The summed E-state index contributed by atoms with van der Waals surface area (Å²) in [6.07, 6.45) is 7.72. The van der Waals surface area contributed by atoms with Crippen LogP contribution in [-0.4, -0.2) is 59.3 Å². The average molecular weight is 457 g/mol. The van der Waals surface area contributed by atoms with Crippen molar-refractivity contribution in [3.05, 3.63) is 0 Å². The lowest BCUT2D eigenvalue weighted by atomic mass is 10.1. The molecule has 160 valence electrons. The summed E-state index contributed by atoms with van der Waals surface area (Å²) < 4.78 is 19.5. The van der Waals surface area contributed by atoms with Gasteiger partial charge in [0.1, 0.15) is 0 Å². The largest absolute Gasteiger partial charge is 1.00 e. The minimum Gasteiger partial charge on any atom is -1.00 e. The Hall–Kier alpha value is 0.537. The smallest absolute Gasteiger partial charge is 0.506 e. The van der Waals surface area contributed by atoms with Crippen LogP contribution in [0.3, 0.4) is 0 Å². The van der Waals surface area contributed by atoms with Crippen molar-refractivity contribution in [1.82, 2.24) is 0 Å². The Morgan fingerprint density at radius 1 is 0.577 bits per heavy atom. The van der Waals surface area contributed by atoms with E-state index < -0.39 is 8.80 Å². The molecule has 0 aliphatic rings. The van der Waals surface area contributed by atoms with Crippen LogP contribution in [0, 0.1) is 0 Å². The third kappa shape index (κ3) is 11.4. The van der Waals surface area contributed by atoms with E-state index in [1.165, 1.54) is 62.6 Å². The van der Waals surface area contributed by atoms with E-state index in [1.807, 2.05) is 20.8 Å². The third-order valence-corrected chi connectivity index (χ3v) is 7.96. The van der Waals surface area contributed by atoms with Crippen LogP contribution in [0.2, 0.25) is 6.04 Å². The first-order valence-corrected chi connectivity index (χ1v) is 12.8. The summed E-state index contributed by atoms with van der Waals surface area (Å²) in [6.45, 7) is 20.0. The van der Waals surface area contributed by atoms with Gasteiger partial charge in [-0.1, -0.05) is 40.0 Å². The number of rotatable bonds is 18. The van der Waals surface area contributed by atoms with Gasteiger partial charge in [-0.3, -0.25) is 0 Å². The number of hydrogen-bond donors (Lipinski definition) is 0. The number of halogens is 1. The fourth-order valence-electron chi connectivity index (χ4n) is 3.53. The van der Waals surface area contributed by atoms with Gasteiger partial charge in [0.05, 0.1) is 32.2 Å². The summed E-state index contributed by atoms with van der Waals surface area (Å²) in [6, 6.07) is 0.944. The van der Waals surface area contributed by atoms with Gasteiger partial charge in [-0.2, -0.15) is 0 Å². The maximum absolute atomic E-state index is 6.10. The van der Waals surface area contributed by atoms with E-state index in [0.29, 0.717) is 19.8 Å². The summed E-state index contributed by atoms with van der Waals surface area (Å²) in [7, 11) is -2.54. The van der Waals surface area contributed by atoms with Crippen molar-refractivity contribution in [2.24, 2.45) is 0 Å². The molecule has 0 fully saturated rings. The van der Waals surface area contributed by atoms with E-state index in [1.54, 1.807) is 0 Å². The topological polar surface area (TPSA) is 27.7 Å². The first kappa shape index (κ1) is 28.7. The molecule has 0 unspecified atom stereocenters. The highest BCUT2D eigenvalue weighted by Gasteiger charge is 2.43. The van der Waals surface area contributed by atoms with E-state index >= 15 is 0 Å². The SMILES string of the molecule is CCCC[N+](CCCC)(CCCC)CC[Si](OCC)(OCC)OCC.[Br-].